The summed E-state index contributed by atoms with van der Waals surface area (Å²) >= 11 is 0. The zero-order valence-corrected chi connectivity index (χ0v) is 37.9. The van der Waals surface area contributed by atoms with E-state index in [0.29, 0.717) is 29.2 Å². The number of benzene rings is 1. The molecule has 0 saturated heterocycles. The first-order valence-corrected chi connectivity index (χ1v) is 21.6. The van der Waals surface area contributed by atoms with Crippen LogP contribution in [0.3, 0.4) is 0 Å². The molecule has 0 heterocycles. The van der Waals surface area contributed by atoms with Crippen molar-refractivity contribution in [1.29, 1.82) is 0 Å². The van der Waals surface area contributed by atoms with E-state index >= 15 is 0 Å². The molecule has 0 radical (unpaired) electrons. The van der Waals surface area contributed by atoms with Gasteiger partial charge in [0.05, 0.1) is 32.5 Å². The van der Waals surface area contributed by atoms with Crippen molar-refractivity contribution in [2.75, 3.05) is 20.8 Å². The molecule has 1 aromatic rings. The smallest absolute Gasteiger partial charge is 0.306 e. The lowest BCUT2D eigenvalue weighted by molar-refractivity contribution is -0.175. The average molecular weight is 783 g/mol. The highest BCUT2D eigenvalue weighted by molar-refractivity contribution is 5.83. The summed E-state index contributed by atoms with van der Waals surface area (Å²) in [5, 5.41) is 11.8. The van der Waals surface area contributed by atoms with E-state index in [9.17, 15) is 14.4 Å². The van der Waals surface area contributed by atoms with Gasteiger partial charge in [0.2, 0.25) is 5.91 Å². The van der Waals surface area contributed by atoms with Gasteiger partial charge in [-0.15, -0.1) is 6.58 Å². The molecule has 0 bridgehead atoms. The molecule has 320 valence electrons. The molecule has 4 N–H and O–H groups in total. The summed E-state index contributed by atoms with van der Waals surface area (Å²) in [4.78, 5) is 35.2. The third kappa shape index (κ3) is 11.0. The number of aliphatic carboxylic acids is 1. The first-order chi connectivity index (χ1) is 26.0. The number of para-hydroxylation sites is 1. The fourth-order valence-corrected chi connectivity index (χ4v) is 12.0. The molecule has 8 nitrogen and oxygen atoms in total. The number of esters is 1. The molecule has 1 amide bonds. The monoisotopic (exact) mass is 783 g/mol. The van der Waals surface area contributed by atoms with Gasteiger partial charge in [-0.1, -0.05) is 106 Å². The van der Waals surface area contributed by atoms with Gasteiger partial charge >= 0.3 is 11.9 Å². The van der Waals surface area contributed by atoms with Crippen molar-refractivity contribution in [2.24, 2.45) is 56.5 Å². The fraction of sp³-hybridized carbons (Fsp3) is 0.771. The normalized spacial score (nSPS) is 32.2. The van der Waals surface area contributed by atoms with E-state index < -0.39 is 16.8 Å². The number of carboxylic acid groups (broad SMARTS) is 1. The van der Waals surface area contributed by atoms with E-state index in [0.717, 1.165) is 55.8 Å². The molecule has 3 aliphatic rings. The molecule has 0 aliphatic heterocycles. The Labute approximate surface area is 341 Å². The lowest BCUT2D eigenvalue weighted by Gasteiger charge is -2.67. The van der Waals surface area contributed by atoms with Crippen LogP contribution in [0.2, 0.25) is 0 Å². The maximum Gasteiger partial charge on any atom is 0.306 e. The van der Waals surface area contributed by atoms with E-state index in [4.69, 9.17) is 15.6 Å². The highest BCUT2D eigenvalue weighted by atomic mass is 16.5. The number of carboxylic acids is 1. The van der Waals surface area contributed by atoms with Crippen molar-refractivity contribution in [3.05, 3.63) is 42.5 Å². The minimum Gasteiger partial charge on any atom is -0.496 e. The number of nitrogens with one attached hydrogen (secondary N) is 1. The second-order valence-corrected chi connectivity index (χ2v) is 19.7. The van der Waals surface area contributed by atoms with Gasteiger partial charge in [-0.25, -0.2) is 0 Å². The van der Waals surface area contributed by atoms with Crippen molar-refractivity contribution < 1.29 is 29.0 Å². The number of allylic oxidation sites excluding steroid dienone is 1. The number of carbonyl (C=O) groups excluding carboxylic acids is 2. The van der Waals surface area contributed by atoms with Gasteiger partial charge in [-0.2, -0.15) is 0 Å². The van der Waals surface area contributed by atoms with Crippen LogP contribution in [0.1, 0.15) is 159 Å². The van der Waals surface area contributed by atoms with Crippen LogP contribution >= 0.6 is 0 Å². The Balaban J connectivity index is 0.000000612. The van der Waals surface area contributed by atoms with Crippen LogP contribution in [0, 0.1) is 50.7 Å². The summed E-state index contributed by atoms with van der Waals surface area (Å²) in [5.41, 5.74) is 8.53. The highest BCUT2D eigenvalue weighted by Crippen LogP contribution is 2.69. The fourth-order valence-electron chi connectivity index (χ4n) is 12.0. The minimum atomic E-state index is -0.899. The van der Waals surface area contributed by atoms with Gasteiger partial charge < -0.3 is 25.6 Å². The SMILES string of the molecule is C=CC.CCCC1[C@@](N)(CC)C([C@]2(C)CCC3C(C)(C)CCC[C@]3(C)C2C)CC[C@]1(C)C(=O)NCCc1ccccc1OC.COC(=O)CC(C)(C)CC(=O)O. The summed E-state index contributed by atoms with van der Waals surface area (Å²) in [6.45, 7) is 29.0. The Morgan fingerprint density at radius 1 is 0.964 bits per heavy atom. The maximum absolute atomic E-state index is 14.1. The molecule has 0 aromatic heterocycles. The maximum atomic E-state index is 14.1. The summed E-state index contributed by atoms with van der Waals surface area (Å²) in [7, 11) is 3.00. The molecule has 8 atom stereocenters. The van der Waals surface area contributed by atoms with Crippen LogP contribution in [0.4, 0.5) is 0 Å². The van der Waals surface area contributed by atoms with E-state index in [-0.39, 0.29) is 41.6 Å². The first-order valence-electron chi connectivity index (χ1n) is 21.6. The lowest BCUT2D eigenvalue weighted by Crippen LogP contribution is -2.69. The second kappa shape index (κ2) is 20.2. The van der Waals surface area contributed by atoms with E-state index in [1.165, 1.54) is 39.2 Å². The van der Waals surface area contributed by atoms with Gasteiger partial charge in [-0.3, -0.25) is 14.4 Å². The highest BCUT2D eigenvalue weighted by Gasteiger charge is 2.65. The van der Waals surface area contributed by atoms with Crippen LogP contribution in [-0.4, -0.2) is 49.3 Å². The van der Waals surface area contributed by atoms with Gasteiger partial charge in [-0.05, 0) is 122 Å². The van der Waals surface area contributed by atoms with Crippen molar-refractivity contribution in [3.63, 3.8) is 0 Å². The summed E-state index contributed by atoms with van der Waals surface area (Å²) in [6, 6.07) is 8.10. The van der Waals surface area contributed by atoms with Gasteiger partial charge in [0, 0.05) is 12.1 Å². The molecular weight excluding hydrogens is 701 g/mol. The molecule has 0 spiro atoms. The standard InChI is InChI=1S/C37H62N2O2.C8H14O4.C3H6/c1-10-15-30-36(8,32(40)39-25-20-27-16-12-13-17-28(27)41-9)24-19-31(37(30,38)11-2)35(7)23-18-29-33(4,5)21-14-22-34(29,6)26(35)3;1-8(2,4-6(9)10)5-7(11)12-3;1-3-2/h12-13,16-17,26,29-31H,10-11,14-15,18-25,38H2,1-9H3,(H,39,40);4-5H2,1-3H3,(H,9,10);3H,1H2,2H3/t26?,29?,30?,31?,34-,35-,36+,37+;;/m1../s1. The van der Waals surface area contributed by atoms with Crippen LogP contribution in [0.25, 0.3) is 0 Å². The zero-order valence-electron chi connectivity index (χ0n) is 37.9. The van der Waals surface area contributed by atoms with Gasteiger partial charge in [0.25, 0.3) is 0 Å². The molecule has 56 heavy (non-hydrogen) atoms. The number of ether oxygens (including phenoxy) is 2. The van der Waals surface area contributed by atoms with Crippen molar-refractivity contribution in [1.82, 2.24) is 5.32 Å². The molecule has 4 unspecified atom stereocenters. The number of hydrogen-bond donors (Lipinski definition) is 3. The Bertz CT molecular complexity index is 1460. The molecule has 3 saturated carbocycles. The van der Waals surface area contributed by atoms with Crippen LogP contribution < -0.4 is 15.8 Å². The van der Waals surface area contributed by atoms with Crippen molar-refractivity contribution >= 4 is 17.8 Å². The van der Waals surface area contributed by atoms with Crippen LogP contribution in [0.5, 0.6) is 5.75 Å². The van der Waals surface area contributed by atoms with Gasteiger partial charge in [0.1, 0.15) is 5.75 Å². The third-order valence-corrected chi connectivity index (χ3v) is 15.1. The van der Waals surface area contributed by atoms with Crippen LogP contribution in [0.15, 0.2) is 36.9 Å². The average Bonchev–Trinajstić information content (AvgIpc) is 3.11. The van der Waals surface area contributed by atoms with Crippen LogP contribution in [-0.2, 0) is 25.5 Å². The Hall–Kier alpha value is -2.87. The predicted octanol–water partition coefficient (Wildman–Crippen LogP) is 10.8. The Morgan fingerprint density at radius 2 is 1.55 bits per heavy atom. The lowest BCUT2D eigenvalue weighted by atomic mass is 9.38. The number of amides is 1. The number of rotatable bonds is 13. The predicted molar refractivity (Wildman–Crippen MR) is 230 cm³/mol. The molecule has 8 heteroatoms. The number of nitrogens with two attached hydrogens (primary N) is 1. The largest absolute Gasteiger partial charge is 0.496 e. The van der Waals surface area contributed by atoms with Gasteiger partial charge in [0.15, 0.2) is 0 Å². The van der Waals surface area contributed by atoms with Crippen molar-refractivity contribution in [2.45, 2.75) is 165 Å². The number of methoxy groups -OCH3 is 2. The van der Waals surface area contributed by atoms with E-state index in [1.54, 1.807) is 27.0 Å². The summed E-state index contributed by atoms with van der Waals surface area (Å²) in [5.74, 6) is 1.82. The second-order valence-electron chi connectivity index (χ2n) is 19.7. The quantitative estimate of drug-likeness (QED) is 0.134. The first kappa shape index (κ1) is 49.3. The Morgan fingerprint density at radius 3 is 2.11 bits per heavy atom. The summed E-state index contributed by atoms with van der Waals surface area (Å²) in [6.07, 6.45) is 14.2. The summed E-state index contributed by atoms with van der Waals surface area (Å²) < 4.78 is 9.98. The third-order valence-electron chi connectivity index (χ3n) is 15.1. The Kier molecular flexibility index (Phi) is 17.8. The molecule has 4 rings (SSSR count). The van der Waals surface area contributed by atoms with E-state index in [2.05, 4.69) is 78.1 Å². The zero-order chi connectivity index (χ0) is 42.8. The minimum absolute atomic E-state index is 0.0257. The molecular formula is C48H82N2O6. The number of carbonyl (C=O) groups is 3. The molecule has 3 fully saturated rings. The molecule has 3 aliphatic carbocycles. The number of fused-ring (bicyclic) bond motifs is 1. The molecule has 1 aromatic carbocycles. The number of hydrogen-bond acceptors (Lipinski definition) is 6. The van der Waals surface area contributed by atoms with E-state index in [1.807, 2.05) is 25.1 Å². The topological polar surface area (TPSA) is 128 Å². The van der Waals surface area contributed by atoms with Crippen molar-refractivity contribution in [3.8, 4) is 5.75 Å².